The van der Waals surface area contributed by atoms with Crippen LogP contribution in [-0.2, 0) is 15.1 Å². The lowest BCUT2D eigenvalue weighted by Crippen LogP contribution is -2.42. The molecular formula is C22H22N4O6. The number of imide groups is 1. The minimum atomic E-state index is -1.34. The van der Waals surface area contributed by atoms with E-state index in [1.54, 1.807) is 49.4 Å². The molecule has 3 N–H and O–H groups in total. The lowest BCUT2D eigenvalue weighted by atomic mass is 9.91. The number of anilines is 1. The Kier molecular flexibility index (Phi) is 5.43. The smallest absolute Gasteiger partial charge is 0.325 e. The maximum absolute atomic E-state index is 13.1. The minimum Gasteiger partial charge on any atom is -0.486 e. The van der Waals surface area contributed by atoms with Crippen LogP contribution in [0.1, 0.15) is 22.8 Å². The zero-order chi connectivity index (χ0) is 22.9. The van der Waals surface area contributed by atoms with Crippen molar-refractivity contribution in [2.24, 2.45) is 0 Å². The summed E-state index contributed by atoms with van der Waals surface area (Å²) in [5.74, 6) is -0.287. The van der Waals surface area contributed by atoms with Gasteiger partial charge in [0.2, 0.25) is 5.91 Å². The van der Waals surface area contributed by atoms with Gasteiger partial charge in [0.15, 0.2) is 11.5 Å². The summed E-state index contributed by atoms with van der Waals surface area (Å²) < 4.78 is 11.1. The predicted octanol–water partition coefficient (Wildman–Crippen LogP) is 1.22. The van der Waals surface area contributed by atoms with Crippen LogP contribution in [0.5, 0.6) is 11.5 Å². The van der Waals surface area contributed by atoms with Crippen LogP contribution in [0.25, 0.3) is 0 Å². The molecule has 0 bridgehead atoms. The molecule has 1 atom stereocenters. The summed E-state index contributed by atoms with van der Waals surface area (Å²) in [7, 11) is 1.52. The highest BCUT2D eigenvalue weighted by atomic mass is 16.6. The summed E-state index contributed by atoms with van der Waals surface area (Å²) in [6.45, 7) is 1.95. The van der Waals surface area contributed by atoms with Gasteiger partial charge >= 0.3 is 6.03 Å². The molecule has 32 heavy (non-hydrogen) atoms. The molecule has 0 aliphatic carbocycles. The molecule has 10 nitrogen and oxygen atoms in total. The van der Waals surface area contributed by atoms with Gasteiger partial charge < -0.3 is 25.4 Å². The van der Waals surface area contributed by atoms with E-state index < -0.39 is 29.9 Å². The van der Waals surface area contributed by atoms with E-state index in [1.165, 1.54) is 7.05 Å². The normalized spacial score (nSPS) is 19.4. The molecule has 0 spiro atoms. The molecule has 4 rings (SSSR count). The van der Waals surface area contributed by atoms with Gasteiger partial charge in [-0.15, -0.1) is 0 Å². The van der Waals surface area contributed by atoms with Gasteiger partial charge in [0.25, 0.3) is 11.8 Å². The monoisotopic (exact) mass is 438 g/mol. The average Bonchev–Trinajstić information content (AvgIpc) is 3.02. The minimum absolute atomic E-state index is 0.249. The second-order valence-electron chi connectivity index (χ2n) is 7.51. The Balaban J connectivity index is 1.46. The van der Waals surface area contributed by atoms with E-state index in [4.69, 9.17) is 9.47 Å². The third-order valence-corrected chi connectivity index (χ3v) is 5.35. The van der Waals surface area contributed by atoms with E-state index in [-0.39, 0.29) is 5.91 Å². The first-order valence-corrected chi connectivity index (χ1v) is 9.98. The molecule has 10 heteroatoms. The Labute approximate surface area is 183 Å². The number of hydrogen-bond acceptors (Lipinski definition) is 6. The molecule has 2 aromatic carbocycles. The first-order valence-electron chi connectivity index (χ1n) is 9.98. The van der Waals surface area contributed by atoms with Crippen LogP contribution in [0.15, 0.2) is 42.5 Å². The first kappa shape index (κ1) is 21.2. The number of hydrogen-bond donors (Lipinski definition) is 3. The molecule has 0 aromatic heterocycles. The molecule has 0 unspecified atom stereocenters. The number of urea groups is 1. The van der Waals surface area contributed by atoms with E-state index in [9.17, 15) is 19.2 Å². The lowest BCUT2D eigenvalue weighted by molar-refractivity contribution is -0.133. The molecule has 1 saturated heterocycles. The largest absolute Gasteiger partial charge is 0.486 e. The Morgan fingerprint density at radius 3 is 2.44 bits per heavy atom. The second-order valence-corrected chi connectivity index (χ2v) is 7.51. The summed E-state index contributed by atoms with van der Waals surface area (Å²) in [4.78, 5) is 50.6. The zero-order valence-electron chi connectivity index (χ0n) is 17.6. The highest BCUT2D eigenvalue weighted by molar-refractivity contribution is 6.10. The fourth-order valence-corrected chi connectivity index (χ4v) is 3.58. The number of nitrogens with zero attached hydrogens (tertiary/aromatic N) is 1. The lowest BCUT2D eigenvalue weighted by Gasteiger charge is -2.25. The number of fused-ring (bicyclic) bond motifs is 1. The molecule has 0 saturated carbocycles. The Morgan fingerprint density at radius 2 is 1.75 bits per heavy atom. The number of carbonyl (C=O) groups is 4. The second kappa shape index (κ2) is 8.22. The number of carbonyl (C=O) groups excluding carboxylic acids is 4. The van der Waals surface area contributed by atoms with Crippen molar-refractivity contribution in [1.82, 2.24) is 15.5 Å². The predicted molar refractivity (Wildman–Crippen MR) is 113 cm³/mol. The van der Waals surface area contributed by atoms with E-state index in [0.717, 1.165) is 4.90 Å². The van der Waals surface area contributed by atoms with E-state index in [2.05, 4.69) is 16.0 Å². The van der Waals surface area contributed by atoms with Crippen molar-refractivity contribution >= 4 is 29.4 Å². The Morgan fingerprint density at radius 1 is 1.06 bits per heavy atom. The van der Waals surface area contributed by atoms with Gasteiger partial charge in [0, 0.05) is 18.3 Å². The highest BCUT2D eigenvalue weighted by Crippen LogP contribution is 2.36. The van der Waals surface area contributed by atoms with Crippen molar-refractivity contribution in [3.8, 4) is 11.5 Å². The summed E-state index contributed by atoms with van der Waals surface area (Å²) in [6.07, 6.45) is 0. The summed E-state index contributed by atoms with van der Waals surface area (Å²) in [5.41, 5.74) is 0.0504. The molecular weight excluding hydrogens is 416 g/mol. The summed E-state index contributed by atoms with van der Waals surface area (Å²) >= 11 is 0. The van der Waals surface area contributed by atoms with Crippen LogP contribution >= 0.6 is 0 Å². The van der Waals surface area contributed by atoms with Crippen LogP contribution in [-0.4, -0.2) is 55.5 Å². The van der Waals surface area contributed by atoms with Crippen LogP contribution in [0.2, 0.25) is 0 Å². The van der Waals surface area contributed by atoms with E-state index in [0.29, 0.717) is 41.5 Å². The van der Waals surface area contributed by atoms with Crippen molar-refractivity contribution in [3.63, 3.8) is 0 Å². The van der Waals surface area contributed by atoms with Crippen molar-refractivity contribution in [1.29, 1.82) is 0 Å². The maximum Gasteiger partial charge on any atom is 0.325 e. The van der Waals surface area contributed by atoms with Gasteiger partial charge in [0.1, 0.15) is 25.3 Å². The van der Waals surface area contributed by atoms with Crippen molar-refractivity contribution in [3.05, 3.63) is 53.6 Å². The SMILES string of the molecule is CNC(=O)c1ccc(NC(=O)CN2C(=O)N[C@@](C)(c3ccc4c(c3)OCCO4)C2=O)cc1. The highest BCUT2D eigenvalue weighted by Gasteiger charge is 2.49. The van der Waals surface area contributed by atoms with Crippen molar-refractivity contribution < 1.29 is 28.7 Å². The molecule has 2 aliphatic heterocycles. The van der Waals surface area contributed by atoms with Crippen LogP contribution in [0.4, 0.5) is 10.5 Å². The standard InChI is InChI=1S/C22H22N4O6/c1-22(14-5-8-16-17(11-14)32-10-9-31-16)20(29)26(21(30)25-22)12-18(27)24-15-6-3-13(4-7-15)19(28)23-2/h3-8,11H,9-10,12H2,1-2H3,(H,23,28)(H,24,27)(H,25,30)/t22-/m0/s1. The van der Waals surface area contributed by atoms with Gasteiger partial charge in [-0.3, -0.25) is 19.3 Å². The van der Waals surface area contributed by atoms with E-state index in [1.807, 2.05) is 0 Å². The summed E-state index contributed by atoms with van der Waals surface area (Å²) in [6, 6.07) is 10.6. The molecule has 5 amide bonds. The van der Waals surface area contributed by atoms with Crippen molar-refractivity contribution in [2.45, 2.75) is 12.5 Å². The number of benzene rings is 2. The number of amides is 5. The van der Waals surface area contributed by atoms with Crippen LogP contribution in [0, 0.1) is 0 Å². The molecule has 2 aliphatic rings. The third-order valence-electron chi connectivity index (χ3n) is 5.35. The molecule has 2 aromatic rings. The number of nitrogens with one attached hydrogen (secondary N) is 3. The maximum atomic E-state index is 13.1. The van der Waals surface area contributed by atoms with Crippen LogP contribution in [0.3, 0.4) is 0 Å². The summed E-state index contributed by atoms with van der Waals surface area (Å²) in [5, 5.41) is 7.79. The van der Waals surface area contributed by atoms with Gasteiger partial charge in [-0.2, -0.15) is 0 Å². The fourth-order valence-electron chi connectivity index (χ4n) is 3.58. The first-order chi connectivity index (χ1) is 15.3. The van der Waals surface area contributed by atoms with Gasteiger partial charge in [-0.05, 0) is 48.9 Å². The van der Waals surface area contributed by atoms with Gasteiger partial charge in [-0.1, -0.05) is 6.07 Å². The van der Waals surface area contributed by atoms with Crippen LogP contribution < -0.4 is 25.4 Å². The Hall–Kier alpha value is -4.08. The molecule has 2 heterocycles. The average molecular weight is 438 g/mol. The molecule has 166 valence electrons. The molecule has 1 fully saturated rings. The van der Waals surface area contributed by atoms with E-state index >= 15 is 0 Å². The van der Waals surface area contributed by atoms with Gasteiger partial charge in [0.05, 0.1) is 0 Å². The van der Waals surface area contributed by atoms with Gasteiger partial charge in [-0.25, -0.2) is 4.79 Å². The molecule has 0 radical (unpaired) electrons. The topological polar surface area (TPSA) is 126 Å². The number of rotatable bonds is 5. The van der Waals surface area contributed by atoms with Crippen molar-refractivity contribution in [2.75, 3.05) is 32.1 Å². The number of ether oxygens (including phenoxy) is 2. The quantitative estimate of drug-likeness (QED) is 0.603. The Bertz CT molecular complexity index is 1100. The zero-order valence-corrected chi connectivity index (χ0v) is 17.6. The third kappa shape index (κ3) is 3.82. The fraction of sp³-hybridized carbons (Fsp3) is 0.273.